The van der Waals surface area contributed by atoms with E-state index in [4.69, 9.17) is 23.4 Å². The molecule has 0 bridgehead atoms. The maximum Gasteiger partial charge on any atom is 0.252 e. The molecule has 0 saturated carbocycles. The molecule has 4 heterocycles. The molecule has 5 aromatic rings. The Hall–Kier alpha value is -4.84. The average Bonchev–Trinajstić information content (AvgIpc) is 3.72. The number of H-pyrrole nitrogens is 1. The van der Waals surface area contributed by atoms with E-state index in [2.05, 4.69) is 25.4 Å². The van der Waals surface area contributed by atoms with Gasteiger partial charge >= 0.3 is 0 Å². The Labute approximate surface area is 222 Å². The summed E-state index contributed by atoms with van der Waals surface area (Å²) < 4.78 is 29.0. The first-order chi connectivity index (χ1) is 19.1. The van der Waals surface area contributed by atoms with E-state index in [9.17, 15) is 4.79 Å². The lowest BCUT2D eigenvalue weighted by atomic mass is 10.1. The number of rotatable bonds is 10. The molecule has 0 saturated heterocycles. The van der Waals surface area contributed by atoms with Crippen LogP contribution in [0.4, 0.5) is 0 Å². The van der Waals surface area contributed by atoms with E-state index in [0.717, 1.165) is 16.7 Å². The highest BCUT2D eigenvalue weighted by atomic mass is 16.7. The molecule has 0 unspecified atom stereocenters. The highest BCUT2D eigenvalue weighted by Gasteiger charge is 2.19. The Kier molecular flexibility index (Phi) is 6.59. The maximum absolute atomic E-state index is 13.2. The van der Waals surface area contributed by atoms with Crippen LogP contribution in [-0.4, -0.2) is 51.1 Å². The molecule has 200 valence electrons. The van der Waals surface area contributed by atoms with Crippen LogP contribution in [-0.2, 0) is 26.2 Å². The number of benzene rings is 2. The standard InChI is InChI=1S/C27H26N6O6/c1-35-23-10-18-9-19(27(34)28-21(18)11-24(23)36-2)13-32(12-17-5-6-22-25(8-17)39-16-38-22)15-26-29-30-31-33(26)14-20-4-3-7-37-20/h3-11H,12-16H2,1-2H3,(H,28,34). The first kappa shape index (κ1) is 24.5. The smallest absolute Gasteiger partial charge is 0.252 e. The second-order valence-corrected chi connectivity index (χ2v) is 9.08. The maximum atomic E-state index is 13.2. The molecule has 1 N–H and O–H groups in total. The van der Waals surface area contributed by atoms with Crippen LogP contribution >= 0.6 is 0 Å². The van der Waals surface area contributed by atoms with Gasteiger partial charge in [0.15, 0.2) is 28.8 Å². The lowest BCUT2D eigenvalue weighted by Gasteiger charge is -2.22. The minimum absolute atomic E-state index is 0.194. The third-order valence-electron chi connectivity index (χ3n) is 6.52. The minimum Gasteiger partial charge on any atom is -0.493 e. The van der Waals surface area contributed by atoms with Crippen LogP contribution in [0.15, 0.2) is 64.0 Å². The molecule has 39 heavy (non-hydrogen) atoms. The molecule has 12 nitrogen and oxygen atoms in total. The van der Waals surface area contributed by atoms with Gasteiger partial charge in [0.05, 0.1) is 32.5 Å². The van der Waals surface area contributed by atoms with E-state index in [0.29, 0.717) is 66.1 Å². The van der Waals surface area contributed by atoms with Gasteiger partial charge in [-0.15, -0.1) is 5.10 Å². The number of fused-ring (bicyclic) bond motifs is 2. The van der Waals surface area contributed by atoms with Crippen molar-refractivity contribution >= 4 is 10.9 Å². The number of ether oxygens (including phenoxy) is 4. The molecule has 0 spiro atoms. The number of aromatic amines is 1. The number of methoxy groups -OCH3 is 2. The van der Waals surface area contributed by atoms with Gasteiger partial charge in [-0.3, -0.25) is 9.69 Å². The molecule has 6 rings (SSSR count). The van der Waals surface area contributed by atoms with E-state index in [-0.39, 0.29) is 12.4 Å². The monoisotopic (exact) mass is 530 g/mol. The van der Waals surface area contributed by atoms with E-state index in [1.165, 1.54) is 0 Å². The van der Waals surface area contributed by atoms with Crippen LogP contribution in [0.2, 0.25) is 0 Å². The van der Waals surface area contributed by atoms with E-state index in [1.54, 1.807) is 31.2 Å². The van der Waals surface area contributed by atoms with Crippen molar-refractivity contribution in [1.29, 1.82) is 0 Å². The summed E-state index contributed by atoms with van der Waals surface area (Å²) in [6.07, 6.45) is 1.61. The SMILES string of the molecule is COc1cc2cc(CN(Cc3ccc4c(c3)OCO4)Cc3nnnn3Cc3ccco3)c(=O)[nH]c2cc1OC. The predicted octanol–water partition coefficient (Wildman–Crippen LogP) is 3.10. The number of furan rings is 1. The molecular formula is C27H26N6O6. The van der Waals surface area contributed by atoms with Crippen LogP contribution in [0.3, 0.4) is 0 Å². The lowest BCUT2D eigenvalue weighted by Crippen LogP contribution is -2.28. The van der Waals surface area contributed by atoms with Gasteiger partial charge in [-0.05, 0) is 52.4 Å². The molecule has 1 aliphatic rings. The minimum atomic E-state index is -0.194. The summed E-state index contributed by atoms with van der Waals surface area (Å²) >= 11 is 0. The summed E-state index contributed by atoms with van der Waals surface area (Å²) in [6, 6.07) is 15.0. The molecule has 2 aromatic carbocycles. The van der Waals surface area contributed by atoms with E-state index >= 15 is 0 Å². The van der Waals surface area contributed by atoms with Gasteiger partial charge in [-0.2, -0.15) is 0 Å². The molecule has 0 fully saturated rings. The summed E-state index contributed by atoms with van der Waals surface area (Å²) in [5.74, 6) is 3.90. The van der Waals surface area contributed by atoms with Crippen molar-refractivity contribution in [2.24, 2.45) is 0 Å². The number of pyridine rings is 1. The molecule has 0 atom stereocenters. The zero-order valence-electron chi connectivity index (χ0n) is 21.4. The zero-order valence-corrected chi connectivity index (χ0v) is 21.4. The van der Waals surface area contributed by atoms with E-state index < -0.39 is 0 Å². The predicted molar refractivity (Wildman–Crippen MR) is 139 cm³/mol. The zero-order chi connectivity index (χ0) is 26.8. The fraction of sp³-hybridized carbons (Fsp3) is 0.259. The highest BCUT2D eigenvalue weighted by Crippen LogP contribution is 2.33. The Balaban J connectivity index is 1.32. The van der Waals surface area contributed by atoms with Gasteiger partial charge in [-0.25, -0.2) is 4.68 Å². The Morgan fingerprint density at radius 1 is 1.00 bits per heavy atom. The molecule has 12 heteroatoms. The highest BCUT2D eigenvalue weighted by molar-refractivity contribution is 5.83. The summed E-state index contributed by atoms with van der Waals surface area (Å²) in [7, 11) is 3.14. The number of nitrogens with one attached hydrogen (secondary N) is 1. The fourth-order valence-corrected chi connectivity index (χ4v) is 4.61. The second-order valence-electron chi connectivity index (χ2n) is 9.08. The van der Waals surface area contributed by atoms with Crippen molar-refractivity contribution < 1.29 is 23.4 Å². The van der Waals surface area contributed by atoms with Crippen LogP contribution in [0.1, 0.15) is 22.7 Å². The number of nitrogens with zero attached hydrogens (tertiary/aromatic N) is 5. The van der Waals surface area contributed by atoms with Crippen molar-refractivity contribution in [1.82, 2.24) is 30.1 Å². The number of hydrogen-bond acceptors (Lipinski definition) is 10. The molecule has 0 amide bonds. The molecule has 1 aliphatic heterocycles. The number of aromatic nitrogens is 5. The summed E-state index contributed by atoms with van der Waals surface area (Å²) in [4.78, 5) is 18.2. The van der Waals surface area contributed by atoms with Gasteiger partial charge in [0.1, 0.15) is 12.3 Å². The second kappa shape index (κ2) is 10.5. The van der Waals surface area contributed by atoms with Gasteiger partial charge in [0, 0.05) is 30.1 Å². The van der Waals surface area contributed by atoms with Gasteiger partial charge in [-0.1, -0.05) is 6.07 Å². The van der Waals surface area contributed by atoms with E-state index in [1.807, 2.05) is 42.5 Å². The fourth-order valence-electron chi connectivity index (χ4n) is 4.61. The largest absolute Gasteiger partial charge is 0.493 e. The first-order valence-corrected chi connectivity index (χ1v) is 12.3. The van der Waals surface area contributed by atoms with Crippen LogP contribution in [0.5, 0.6) is 23.0 Å². The topological polar surface area (TPSA) is 130 Å². The van der Waals surface area contributed by atoms with Gasteiger partial charge in [0.25, 0.3) is 5.56 Å². The Bertz CT molecular complexity index is 1660. The van der Waals surface area contributed by atoms with Crippen molar-refractivity contribution in [2.45, 2.75) is 26.2 Å². The van der Waals surface area contributed by atoms with Gasteiger partial charge < -0.3 is 28.3 Å². The van der Waals surface area contributed by atoms with Crippen LogP contribution in [0.25, 0.3) is 10.9 Å². The number of tetrazole rings is 1. The summed E-state index contributed by atoms with van der Waals surface area (Å²) in [5.41, 5.74) is 2.04. The molecule has 3 aromatic heterocycles. The van der Waals surface area contributed by atoms with Crippen molar-refractivity contribution in [3.8, 4) is 23.0 Å². The average molecular weight is 531 g/mol. The van der Waals surface area contributed by atoms with Crippen molar-refractivity contribution in [3.63, 3.8) is 0 Å². The first-order valence-electron chi connectivity index (χ1n) is 12.3. The van der Waals surface area contributed by atoms with Crippen LogP contribution in [0, 0.1) is 0 Å². The molecule has 0 radical (unpaired) electrons. The third kappa shape index (κ3) is 5.14. The Morgan fingerprint density at radius 2 is 1.85 bits per heavy atom. The normalized spacial score (nSPS) is 12.4. The van der Waals surface area contributed by atoms with Crippen molar-refractivity contribution in [3.05, 3.63) is 87.9 Å². The Morgan fingerprint density at radius 3 is 2.67 bits per heavy atom. The summed E-state index contributed by atoms with van der Waals surface area (Å²) in [5, 5.41) is 13.1. The van der Waals surface area contributed by atoms with Gasteiger partial charge in [0.2, 0.25) is 6.79 Å². The lowest BCUT2D eigenvalue weighted by molar-refractivity contribution is 0.174. The third-order valence-corrected chi connectivity index (χ3v) is 6.52. The van der Waals surface area contributed by atoms with Crippen LogP contribution < -0.4 is 24.5 Å². The molecule has 0 aliphatic carbocycles. The quantitative estimate of drug-likeness (QED) is 0.287. The molecular weight excluding hydrogens is 504 g/mol. The number of hydrogen-bond donors (Lipinski definition) is 1. The van der Waals surface area contributed by atoms with Crippen molar-refractivity contribution in [2.75, 3.05) is 21.0 Å². The summed E-state index contributed by atoms with van der Waals surface area (Å²) in [6.45, 7) is 1.82.